The molecular formula is C16H21N3. The van der Waals surface area contributed by atoms with Crippen LogP contribution in [0.25, 0.3) is 0 Å². The highest BCUT2D eigenvalue weighted by molar-refractivity contribution is 5.29. The standard InChI is InChI=1S/C16H21N3/c1-11-5-4-6-14(8-11)9-15(19-17)16-13(3)7-12(2)10-18-16/h4-8,10,15,19H,9,17H2,1-3H3. The maximum Gasteiger partial charge on any atom is 0.0675 e. The van der Waals surface area contributed by atoms with E-state index >= 15 is 0 Å². The lowest BCUT2D eigenvalue weighted by molar-refractivity contribution is 0.535. The molecule has 0 aliphatic rings. The van der Waals surface area contributed by atoms with Gasteiger partial charge in [-0.3, -0.25) is 16.3 Å². The van der Waals surface area contributed by atoms with E-state index in [0.717, 1.165) is 12.1 Å². The first-order valence-corrected chi connectivity index (χ1v) is 6.55. The molecule has 0 spiro atoms. The fraction of sp³-hybridized carbons (Fsp3) is 0.312. The van der Waals surface area contributed by atoms with Crippen LogP contribution in [-0.4, -0.2) is 4.98 Å². The zero-order valence-corrected chi connectivity index (χ0v) is 11.8. The van der Waals surface area contributed by atoms with Crippen molar-refractivity contribution >= 4 is 0 Å². The monoisotopic (exact) mass is 255 g/mol. The van der Waals surface area contributed by atoms with E-state index in [1.165, 1.54) is 22.3 Å². The SMILES string of the molecule is Cc1cccc(CC(NN)c2ncc(C)cc2C)c1. The molecule has 19 heavy (non-hydrogen) atoms. The minimum absolute atomic E-state index is 0.0439. The molecule has 0 saturated heterocycles. The van der Waals surface area contributed by atoms with Crippen LogP contribution in [-0.2, 0) is 6.42 Å². The van der Waals surface area contributed by atoms with Gasteiger partial charge in [-0.15, -0.1) is 0 Å². The van der Waals surface area contributed by atoms with E-state index in [2.05, 4.69) is 61.5 Å². The van der Waals surface area contributed by atoms with Crippen molar-refractivity contribution in [2.75, 3.05) is 0 Å². The van der Waals surface area contributed by atoms with Crippen molar-refractivity contribution in [2.45, 2.75) is 33.2 Å². The summed E-state index contributed by atoms with van der Waals surface area (Å²) in [6.45, 7) is 6.23. The van der Waals surface area contributed by atoms with Crippen molar-refractivity contribution < 1.29 is 0 Å². The molecule has 2 rings (SSSR count). The number of aryl methyl sites for hydroxylation is 3. The molecule has 1 unspecified atom stereocenters. The molecule has 0 aliphatic heterocycles. The van der Waals surface area contributed by atoms with E-state index in [0.29, 0.717) is 0 Å². The van der Waals surface area contributed by atoms with Crippen molar-refractivity contribution in [3.8, 4) is 0 Å². The first-order valence-electron chi connectivity index (χ1n) is 6.55. The van der Waals surface area contributed by atoms with Crippen LogP contribution in [0, 0.1) is 20.8 Å². The van der Waals surface area contributed by atoms with E-state index in [1.54, 1.807) is 0 Å². The van der Waals surface area contributed by atoms with Gasteiger partial charge in [-0.05, 0) is 43.9 Å². The molecule has 0 amide bonds. The number of benzene rings is 1. The van der Waals surface area contributed by atoms with Crippen LogP contribution in [0.15, 0.2) is 36.5 Å². The second-order valence-electron chi connectivity index (χ2n) is 5.13. The Morgan fingerprint density at radius 3 is 2.58 bits per heavy atom. The lowest BCUT2D eigenvalue weighted by atomic mass is 9.99. The van der Waals surface area contributed by atoms with Crippen molar-refractivity contribution in [2.24, 2.45) is 5.84 Å². The van der Waals surface area contributed by atoms with Crippen LogP contribution >= 0.6 is 0 Å². The molecule has 3 heteroatoms. The molecule has 1 heterocycles. The van der Waals surface area contributed by atoms with Gasteiger partial charge in [0.05, 0.1) is 11.7 Å². The third-order valence-electron chi connectivity index (χ3n) is 3.31. The van der Waals surface area contributed by atoms with Gasteiger partial charge in [0.1, 0.15) is 0 Å². The summed E-state index contributed by atoms with van der Waals surface area (Å²) in [5.74, 6) is 5.71. The zero-order valence-electron chi connectivity index (χ0n) is 11.8. The Labute approximate surface area is 114 Å². The fourth-order valence-corrected chi connectivity index (χ4v) is 2.40. The molecule has 100 valence electrons. The Hall–Kier alpha value is -1.71. The maximum atomic E-state index is 5.71. The molecule has 0 fully saturated rings. The van der Waals surface area contributed by atoms with Crippen LogP contribution in [0.2, 0.25) is 0 Å². The van der Waals surface area contributed by atoms with Crippen molar-refractivity contribution in [1.82, 2.24) is 10.4 Å². The predicted octanol–water partition coefficient (Wildman–Crippen LogP) is 2.75. The lowest BCUT2D eigenvalue weighted by Crippen LogP contribution is -2.30. The van der Waals surface area contributed by atoms with Crippen LogP contribution < -0.4 is 11.3 Å². The number of hydrogen-bond acceptors (Lipinski definition) is 3. The van der Waals surface area contributed by atoms with Crippen molar-refractivity contribution in [1.29, 1.82) is 0 Å². The Kier molecular flexibility index (Phi) is 4.30. The quantitative estimate of drug-likeness (QED) is 0.652. The molecule has 0 aliphatic carbocycles. The summed E-state index contributed by atoms with van der Waals surface area (Å²) in [6, 6.07) is 10.7. The number of hydrogen-bond donors (Lipinski definition) is 2. The third kappa shape index (κ3) is 3.40. The van der Waals surface area contributed by atoms with E-state index in [4.69, 9.17) is 5.84 Å². The first-order chi connectivity index (χ1) is 9.10. The Morgan fingerprint density at radius 2 is 1.95 bits per heavy atom. The number of aromatic nitrogens is 1. The molecule has 1 aromatic carbocycles. The minimum Gasteiger partial charge on any atom is -0.271 e. The van der Waals surface area contributed by atoms with Crippen LogP contribution in [0.1, 0.15) is 34.0 Å². The average Bonchev–Trinajstić information content (AvgIpc) is 2.37. The Bertz CT molecular complexity index is 564. The van der Waals surface area contributed by atoms with E-state index < -0.39 is 0 Å². The molecule has 1 atom stereocenters. The van der Waals surface area contributed by atoms with E-state index in [9.17, 15) is 0 Å². The Balaban J connectivity index is 2.25. The highest BCUT2D eigenvalue weighted by atomic mass is 15.2. The van der Waals surface area contributed by atoms with Gasteiger partial charge in [-0.25, -0.2) is 0 Å². The fourth-order valence-electron chi connectivity index (χ4n) is 2.40. The van der Waals surface area contributed by atoms with Gasteiger partial charge in [0.25, 0.3) is 0 Å². The number of pyridine rings is 1. The summed E-state index contributed by atoms with van der Waals surface area (Å²) < 4.78 is 0. The second kappa shape index (κ2) is 5.95. The van der Waals surface area contributed by atoms with Crippen molar-refractivity contribution in [3.63, 3.8) is 0 Å². The molecular weight excluding hydrogens is 234 g/mol. The highest BCUT2D eigenvalue weighted by Crippen LogP contribution is 2.20. The van der Waals surface area contributed by atoms with Crippen molar-refractivity contribution in [3.05, 3.63) is 64.5 Å². The molecule has 0 saturated carbocycles. The van der Waals surface area contributed by atoms with Crippen LogP contribution in [0.4, 0.5) is 0 Å². The normalized spacial score (nSPS) is 12.4. The summed E-state index contributed by atoms with van der Waals surface area (Å²) in [7, 11) is 0. The van der Waals surface area contributed by atoms with Gasteiger partial charge >= 0.3 is 0 Å². The van der Waals surface area contributed by atoms with Gasteiger partial charge in [-0.2, -0.15) is 0 Å². The summed E-state index contributed by atoms with van der Waals surface area (Å²) in [5.41, 5.74) is 8.79. The number of nitrogens with one attached hydrogen (secondary N) is 1. The molecule has 1 aromatic heterocycles. The van der Waals surface area contributed by atoms with Gasteiger partial charge in [0.15, 0.2) is 0 Å². The molecule has 0 radical (unpaired) electrons. The summed E-state index contributed by atoms with van der Waals surface area (Å²) in [4.78, 5) is 4.53. The summed E-state index contributed by atoms with van der Waals surface area (Å²) >= 11 is 0. The predicted molar refractivity (Wildman–Crippen MR) is 78.7 cm³/mol. The lowest BCUT2D eigenvalue weighted by Gasteiger charge is -2.18. The molecule has 3 N–H and O–H groups in total. The van der Waals surface area contributed by atoms with Gasteiger partial charge < -0.3 is 0 Å². The number of nitrogens with two attached hydrogens (primary N) is 1. The number of nitrogens with zero attached hydrogens (tertiary/aromatic N) is 1. The zero-order chi connectivity index (χ0) is 13.8. The van der Waals surface area contributed by atoms with E-state index in [-0.39, 0.29) is 6.04 Å². The summed E-state index contributed by atoms with van der Waals surface area (Å²) in [5, 5.41) is 0. The number of hydrazine groups is 1. The topological polar surface area (TPSA) is 50.9 Å². The molecule has 2 aromatic rings. The minimum atomic E-state index is 0.0439. The largest absolute Gasteiger partial charge is 0.271 e. The van der Waals surface area contributed by atoms with Gasteiger partial charge in [0, 0.05) is 6.20 Å². The van der Waals surface area contributed by atoms with Gasteiger partial charge in [0.2, 0.25) is 0 Å². The third-order valence-corrected chi connectivity index (χ3v) is 3.31. The van der Waals surface area contributed by atoms with E-state index in [1.807, 2.05) is 6.20 Å². The van der Waals surface area contributed by atoms with Crippen LogP contribution in [0.5, 0.6) is 0 Å². The summed E-state index contributed by atoms with van der Waals surface area (Å²) in [6.07, 6.45) is 2.73. The molecule has 3 nitrogen and oxygen atoms in total. The Morgan fingerprint density at radius 1 is 1.16 bits per heavy atom. The highest BCUT2D eigenvalue weighted by Gasteiger charge is 2.14. The number of rotatable bonds is 4. The first kappa shape index (κ1) is 13.7. The van der Waals surface area contributed by atoms with Crippen LogP contribution in [0.3, 0.4) is 0 Å². The maximum absolute atomic E-state index is 5.71. The average molecular weight is 255 g/mol. The smallest absolute Gasteiger partial charge is 0.0675 e. The molecule has 0 bridgehead atoms. The van der Waals surface area contributed by atoms with Gasteiger partial charge in [-0.1, -0.05) is 35.9 Å². The second-order valence-corrected chi connectivity index (χ2v) is 5.13.